The normalized spacial score (nSPS) is 13.4. The van der Waals surface area contributed by atoms with Crippen molar-refractivity contribution in [2.75, 3.05) is 5.32 Å². The number of hydrogen-bond donors (Lipinski definition) is 3. The van der Waals surface area contributed by atoms with Crippen molar-refractivity contribution in [3.8, 4) is 22.5 Å². The average Bonchev–Trinajstić information content (AvgIpc) is 3.10. The van der Waals surface area contributed by atoms with Crippen molar-refractivity contribution in [3.05, 3.63) is 47.7 Å². The molecule has 0 unspecified atom stereocenters. The Kier molecular flexibility index (Phi) is 2.90. The maximum Gasteiger partial charge on any atom is 0.113 e. The Labute approximate surface area is 135 Å². The number of benzene rings is 1. The maximum absolute atomic E-state index is 10.1. The van der Waals surface area contributed by atoms with Crippen LogP contribution in [0.3, 0.4) is 0 Å². The van der Waals surface area contributed by atoms with Gasteiger partial charge in [0.15, 0.2) is 0 Å². The number of anilines is 1. The Morgan fingerprint density at radius 2 is 1.96 bits per heavy atom. The van der Waals surface area contributed by atoms with Crippen LogP contribution in [0.5, 0.6) is 0 Å². The summed E-state index contributed by atoms with van der Waals surface area (Å²) in [6.07, 6.45) is 1.91. The highest BCUT2D eigenvalue weighted by Gasteiger charge is 2.22. The number of aryl methyl sites for hydroxylation is 1. The fourth-order valence-electron chi connectivity index (χ4n) is 3.14. The van der Waals surface area contributed by atoms with Gasteiger partial charge in [-0.15, -0.1) is 0 Å². The minimum absolute atomic E-state index is 0.785. The van der Waals surface area contributed by atoms with Gasteiger partial charge in [-0.25, -0.2) is 0 Å². The zero-order chi connectivity index (χ0) is 16.2. The van der Waals surface area contributed by atoms with Gasteiger partial charge in [0, 0.05) is 30.4 Å². The lowest BCUT2D eigenvalue weighted by Crippen LogP contribution is -2.14. The van der Waals surface area contributed by atoms with E-state index in [1.54, 1.807) is 13.8 Å². The Balaban J connectivity index is 1.76. The van der Waals surface area contributed by atoms with Crippen LogP contribution in [0.2, 0.25) is 0 Å². The SMILES string of the molecule is Cn1ncc2c1-c1cc(-c3ccc(C(C)(C)O)cc3)[nH]c1NC2. The maximum atomic E-state index is 10.1. The highest BCUT2D eigenvalue weighted by Crippen LogP contribution is 2.38. The van der Waals surface area contributed by atoms with E-state index in [0.29, 0.717) is 0 Å². The molecule has 0 aliphatic carbocycles. The molecule has 118 valence electrons. The lowest BCUT2D eigenvalue weighted by atomic mass is 9.96. The molecule has 0 saturated carbocycles. The fourth-order valence-corrected chi connectivity index (χ4v) is 3.14. The second-order valence-corrected chi connectivity index (χ2v) is 6.60. The summed E-state index contributed by atoms with van der Waals surface area (Å²) in [7, 11) is 1.97. The molecule has 3 heterocycles. The molecule has 0 spiro atoms. The van der Waals surface area contributed by atoms with E-state index in [2.05, 4.69) is 21.5 Å². The van der Waals surface area contributed by atoms with E-state index in [1.165, 1.54) is 5.56 Å². The van der Waals surface area contributed by atoms with Gasteiger partial charge in [-0.1, -0.05) is 24.3 Å². The summed E-state index contributed by atoms with van der Waals surface area (Å²) in [6, 6.07) is 10.2. The van der Waals surface area contributed by atoms with Crippen LogP contribution < -0.4 is 5.32 Å². The van der Waals surface area contributed by atoms with Crippen molar-refractivity contribution in [1.82, 2.24) is 14.8 Å². The van der Waals surface area contributed by atoms with Crippen molar-refractivity contribution >= 4 is 5.82 Å². The summed E-state index contributed by atoms with van der Waals surface area (Å²) < 4.78 is 1.92. The molecule has 0 saturated heterocycles. The van der Waals surface area contributed by atoms with Crippen LogP contribution in [0.1, 0.15) is 25.0 Å². The number of nitrogens with one attached hydrogen (secondary N) is 2. The molecule has 1 aliphatic heterocycles. The van der Waals surface area contributed by atoms with E-state index in [0.717, 1.165) is 40.4 Å². The van der Waals surface area contributed by atoms with Crippen molar-refractivity contribution in [1.29, 1.82) is 0 Å². The van der Waals surface area contributed by atoms with Gasteiger partial charge < -0.3 is 15.4 Å². The average molecular weight is 308 g/mol. The molecule has 1 aliphatic rings. The van der Waals surface area contributed by atoms with Crippen molar-refractivity contribution in [3.63, 3.8) is 0 Å². The minimum atomic E-state index is -0.821. The molecule has 0 fully saturated rings. The molecular formula is C18H20N4O. The zero-order valence-electron chi connectivity index (χ0n) is 13.5. The highest BCUT2D eigenvalue weighted by molar-refractivity contribution is 5.83. The molecule has 1 aromatic carbocycles. The molecule has 3 N–H and O–H groups in total. The lowest BCUT2D eigenvalue weighted by Gasteiger charge is -2.17. The standard InChI is InChI=1S/C18H20N4O/c1-18(2,23)13-6-4-11(5-7-13)15-8-14-16-12(10-20-22(16)3)9-19-17(14)21-15/h4-8,10,19,21,23H,9H2,1-3H3. The minimum Gasteiger partial charge on any atom is -0.386 e. The van der Waals surface area contributed by atoms with Crippen LogP contribution in [0.15, 0.2) is 36.5 Å². The molecule has 0 amide bonds. The van der Waals surface area contributed by atoms with Gasteiger partial charge in [0.05, 0.1) is 17.5 Å². The van der Waals surface area contributed by atoms with Crippen LogP contribution in [-0.4, -0.2) is 19.9 Å². The second kappa shape index (κ2) is 4.73. The first-order valence-corrected chi connectivity index (χ1v) is 7.75. The molecular weight excluding hydrogens is 288 g/mol. The van der Waals surface area contributed by atoms with Crippen molar-refractivity contribution in [2.45, 2.75) is 26.0 Å². The predicted octanol–water partition coefficient (Wildman–Crippen LogP) is 3.24. The highest BCUT2D eigenvalue weighted by atomic mass is 16.3. The first-order valence-electron chi connectivity index (χ1n) is 7.75. The smallest absolute Gasteiger partial charge is 0.113 e. The van der Waals surface area contributed by atoms with E-state index in [9.17, 15) is 5.11 Å². The van der Waals surface area contributed by atoms with Gasteiger partial charge in [0.1, 0.15) is 5.82 Å². The van der Waals surface area contributed by atoms with Crippen LogP contribution in [0.4, 0.5) is 5.82 Å². The molecule has 23 heavy (non-hydrogen) atoms. The summed E-state index contributed by atoms with van der Waals surface area (Å²) >= 11 is 0. The molecule has 5 nitrogen and oxygen atoms in total. The summed E-state index contributed by atoms with van der Waals surface area (Å²) in [4.78, 5) is 3.45. The Bertz CT molecular complexity index is 866. The van der Waals surface area contributed by atoms with E-state index in [-0.39, 0.29) is 0 Å². The van der Waals surface area contributed by atoms with Gasteiger partial charge in [-0.05, 0) is 31.0 Å². The second-order valence-electron chi connectivity index (χ2n) is 6.60. The quantitative estimate of drug-likeness (QED) is 0.681. The van der Waals surface area contributed by atoms with Gasteiger partial charge in [0.2, 0.25) is 0 Å². The van der Waals surface area contributed by atoms with Crippen molar-refractivity contribution in [2.24, 2.45) is 7.05 Å². The largest absolute Gasteiger partial charge is 0.386 e. The first kappa shape index (κ1) is 14.1. The lowest BCUT2D eigenvalue weighted by molar-refractivity contribution is 0.0786. The number of rotatable bonds is 2. The van der Waals surface area contributed by atoms with E-state index >= 15 is 0 Å². The van der Waals surface area contributed by atoms with Gasteiger partial charge in [0.25, 0.3) is 0 Å². The third-order valence-electron chi connectivity index (χ3n) is 4.45. The van der Waals surface area contributed by atoms with E-state index in [1.807, 2.05) is 42.2 Å². The molecule has 0 radical (unpaired) electrons. The van der Waals surface area contributed by atoms with E-state index < -0.39 is 5.60 Å². The van der Waals surface area contributed by atoms with E-state index in [4.69, 9.17) is 0 Å². The number of fused-ring (bicyclic) bond motifs is 3. The molecule has 4 rings (SSSR count). The number of nitrogens with zero attached hydrogens (tertiary/aromatic N) is 2. The summed E-state index contributed by atoms with van der Waals surface area (Å²) in [5.74, 6) is 1.03. The topological polar surface area (TPSA) is 65.9 Å². The molecule has 0 bridgehead atoms. The number of H-pyrrole nitrogens is 1. The molecule has 3 aromatic rings. The number of aliphatic hydroxyl groups is 1. The van der Waals surface area contributed by atoms with Gasteiger partial charge >= 0.3 is 0 Å². The van der Waals surface area contributed by atoms with Crippen LogP contribution in [0, 0.1) is 0 Å². The van der Waals surface area contributed by atoms with Gasteiger partial charge in [-0.2, -0.15) is 5.10 Å². The summed E-state index contributed by atoms with van der Waals surface area (Å²) in [5, 5.41) is 17.8. The third-order valence-corrected chi connectivity index (χ3v) is 4.45. The molecule has 0 atom stereocenters. The molecule has 2 aromatic heterocycles. The van der Waals surface area contributed by atoms with Crippen LogP contribution >= 0.6 is 0 Å². The van der Waals surface area contributed by atoms with Crippen LogP contribution in [0.25, 0.3) is 22.5 Å². The van der Waals surface area contributed by atoms with Crippen molar-refractivity contribution < 1.29 is 5.11 Å². The van der Waals surface area contributed by atoms with Crippen LogP contribution in [-0.2, 0) is 19.2 Å². The Morgan fingerprint density at radius 3 is 2.65 bits per heavy atom. The summed E-state index contributed by atoms with van der Waals surface area (Å²) in [6.45, 7) is 4.38. The number of hydrogen-bond acceptors (Lipinski definition) is 3. The third kappa shape index (κ3) is 2.24. The predicted molar refractivity (Wildman–Crippen MR) is 91.0 cm³/mol. The number of aromatic amines is 1. The number of aromatic nitrogens is 3. The summed E-state index contributed by atoms with van der Waals surface area (Å²) in [5.41, 5.74) is 5.75. The van der Waals surface area contributed by atoms with Gasteiger partial charge in [-0.3, -0.25) is 4.68 Å². The zero-order valence-corrected chi connectivity index (χ0v) is 13.5. The monoisotopic (exact) mass is 308 g/mol. The molecule has 5 heteroatoms. The Morgan fingerprint density at radius 1 is 1.22 bits per heavy atom. The first-order chi connectivity index (χ1) is 10.9. The fraction of sp³-hybridized carbons (Fsp3) is 0.278. The Hall–Kier alpha value is -2.53.